The number of aromatic nitrogens is 1. The van der Waals surface area contributed by atoms with Crippen LogP contribution in [-0.4, -0.2) is 40.2 Å². The Hall–Kier alpha value is -2.73. The van der Waals surface area contributed by atoms with Gasteiger partial charge in [-0.3, -0.25) is 4.98 Å². The van der Waals surface area contributed by atoms with E-state index < -0.39 is 11.9 Å². The Morgan fingerprint density at radius 1 is 1.21 bits per heavy atom. The van der Waals surface area contributed by atoms with Crippen LogP contribution in [0.4, 0.5) is 0 Å². The lowest BCUT2D eigenvalue weighted by atomic mass is 9.98. The predicted octanol–water partition coefficient (Wildman–Crippen LogP) is 2.06. The molecule has 2 heterocycles. The molecule has 1 saturated heterocycles. The summed E-state index contributed by atoms with van der Waals surface area (Å²) in [6, 6.07) is 2.18. The Labute approximate surface area is 140 Å². The van der Waals surface area contributed by atoms with Crippen molar-refractivity contribution in [3.05, 3.63) is 54.4 Å². The van der Waals surface area contributed by atoms with E-state index in [9.17, 15) is 9.59 Å². The molecule has 0 amide bonds. The zero-order valence-electron chi connectivity index (χ0n) is 13.2. The molecule has 24 heavy (non-hydrogen) atoms. The van der Waals surface area contributed by atoms with Gasteiger partial charge >= 0.3 is 11.9 Å². The number of pyridine rings is 1. The smallest absolute Gasteiger partial charge is 0.328 e. The molecule has 6 heteroatoms. The van der Waals surface area contributed by atoms with Gasteiger partial charge in [-0.1, -0.05) is 18.7 Å². The van der Waals surface area contributed by atoms with E-state index in [0.29, 0.717) is 12.2 Å². The lowest BCUT2D eigenvalue weighted by molar-refractivity contribution is -0.134. The highest BCUT2D eigenvalue weighted by molar-refractivity contribution is 5.89. The summed E-state index contributed by atoms with van der Waals surface area (Å²) in [5.74, 6) is -0.968. The van der Waals surface area contributed by atoms with Crippen molar-refractivity contribution < 1.29 is 19.8 Å². The third-order valence-electron chi connectivity index (χ3n) is 4.02. The van der Waals surface area contributed by atoms with Gasteiger partial charge in [-0.15, -0.1) is 0 Å². The molecule has 1 aromatic rings. The van der Waals surface area contributed by atoms with Gasteiger partial charge in [0.1, 0.15) is 0 Å². The molecule has 0 aromatic carbocycles. The van der Waals surface area contributed by atoms with Crippen molar-refractivity contribution >= 4 is 23.6 Å². The van der Waals surface area contributed by atoms with E-state index >= 15 is 0 Å². The molecule has 0 spiro atoms. The van der Waals surface area contributed by atoms with Gasteiger partial charge in [-0.2, -0.15) is 0 Å². The monoisotopic (exact) mass is 328 g/mol. The Balaban J connectivity index is 0.000000224. The first-order chi connectivity index (χ1) is 11.5. The summed E-state index contributed by atoms with van der Waals surface area (Å²) in [5, 5.41) is 19.1. The third kappa shape index (κ3) is 4.89. The maximum Gasteiger partial charge on any atom is 0.328 e. The van der Waals surface area contributed by atoms with Gasteiger partial charge in [0.15, 0.2) is 0 Å². The van der Waals surface area contributed by atoms with E-state index in [1.807, 2.05) is 18.5 Å². The first-order valence-electron chi connectivity index (χ1n) is 7.62. The molecule has 0 unspecified atom stereocenters. The molecule has 2 atom stereocenters. The summed E-state index contributed by atoms with van der Waals surface area (Å²) in [6.45, 7) is 6.09. The lowest BCUT2D eigenvalue weighted by Gasteiger charge is -2.06. The highest BCUT2D eigenvalue weighted by Gasteiger charge is 2.31. The van der Waals surface area contributed by atoms with Crippen molar-refractivity contribution in [2.45, 2.75) is 6.42 Å². The number of hydrogen-bond donors (Lipinski definition) is 3. The molecule has 0 saturated carbocycles. The zero-order valence-corrected chi connectivity index (χ0v) is 13.2. The van der Waals surface area contributed by atoms with E-state index in [1.54, 1.807) is 0 Å². The van der Waals surface area contributed by atoms with Crippen molar-refractivity contribution in [2.75, 3.05) is 13.1 Å². The molecule has 1 aliphatic carbocycles. The molecule has 1 aromatic heterocycles. The van der Waals surface area contributed by atoms with Crippen LogP contribution in [0.3, 0.4) is 0 Å². The second kappa shape index (κ2) is 8.21. The van der Waals surface area contributed by atoms with Crippen molar-refractivity contribution in [1.29, 1.82) is 0 Å². The molecular formula is C18H20N2O4. The molecule has 3 N–H and O–H groups in total. The van der Waals surface area contributed by atoms with Crippen LogP contribution in [0, 0.1) is 11.8 Å². The minimum Gasteiger partial charge on any atom is -0.478 e. The lowest BCUT2D eigenvalue weighted by Crippen LogP contribution is -2.09. The number of nitrogens with zero attached hydrogens (tertiary/aromatic N) is 1. The standard InChI is InChI=1S/C14H16N2.C4H4O4/c1-2-10-3-12(7-15-6-10)11-4-13-8-16-9-14(13)5-11;5-3(6)1-2-4(7)8/h2-4,6-7,13-14,16H,1,5,8-9H2;1-2H,(H,5,6)(H,7,8)/t13-,14+;/m0./s1. The Kier molecular flexibility index (Phi) is 6.03. The number of carboxylic acids is 2. The first kappa shape index (κ1) is 17.6. The number of allylic oxidation sites excluding steroid dienone is 1. The largest absolute Gasteiger partial charge is 0.478 e. The predicted molar refractivity (Wildman–Crippen MR) is 91.2 cm³/mol. The summed E-state index contributed by atoms with van der Waals surface area (Å²) in [6.07, 6.45) is 10.4. The quantitative estimate of drug-likeness (QED) is 0.732. The number of hydrogen-bond acceptors (Lipinski definition) is 4. The number of aliphatic carboxylic acids is 2. The number of rotatable bonds is 4. The van der Waals surface area contributed by atoms with Gasteiger partial charge in [-0.05, 0) is 47.6 Å². The molecule has 1 fully saturated rings. The summed E-state index contributed by atoms with van der Waals surface area (Å²) < 4.78 is 0. The molecular weight excluding hydrogens is 308 g/mol. The van der Waals surface area contributed by atoms with Gasteiger partial charge in [-0.25, -0.2) is 9.59 Å². The fraction of sp³-hybridized carbons (Fsp3) is 0.278. The van der Waals surface area contributed by atoms with Crippen LogP contribution in [-0.2, 0) is 9.59 Å². The second-order valence-electron chi connectivity index (χ2n) is 5.70. The molecule has 6 nitrogen and oxygen atoms in total. The number of carbonyl (C=O) groups is 2. The molecule has 3 rings (SSSR count). The van der Waals surface area contributed by atoms with Crippen LogP contribution in [0.5, 0.6) is 0 Å². The van der Waals surface area contributed by atoms with Crippen LogP contribution in [0.2, 0.25) is 0 Å². The van der Waals surface area contributed by atoms with Crippen LogP contribution >= 0.6 is 0 Å². The van der Waals surface area contributed by atoms with Gasteiger partial charge in [0.2, 0.25) is 0 Å². The Morgan fingerprint density at radius 3 is 2.50 bits per heavy atom. The molecule has 126 valence electrons. The fourth-order valence-corrected chi connectivity index (χ4v) is 2.88. The number of nitrogens with one attached hydrogen (secondary N) is 1. The highest BCUT2D eigenvalue weighted by Crippen LogP contribution is 2.38. The average molecular weight is 328 g/mol. The van der Waals surface area contributed by atoms with Crippen LogP contribution in [0.1, 0.15) is 17.5 Å². The number of carboxylic acid groups (broad SMARTS) is 2. The van der Waals surface area contributed by atoms with Crippen LogP contribution in [0.25, 0.3) is 11.6 Å². The molecule has 0 radical (unpaired) electrons. The fourth-order valence-electron chi connectivity index (χ4n) is 2.88. The second-order valence-corrected chi connectivity index (χ2v) is 5.70. The van der Waals surface area contributed by atoms with Gasteiger partial charge in [0.25, 0.3) is 0 Å². The highest BCUT2D eigenvalue weighted by atomic mass is 16.4. The van der Waals surface area contributed by atoms with E-state index in [1.165, 1.54) is 24.1 Å². The van der Waals surface area contributed by atoms with Crippen LogP contribution < -0.4 is 5.32 Å². The van der Waals surface area contributed by atoms with E-state index in [-0.39, 0.29) is 0 Å². The maximum atomic E-state index is 9.55. The molecule has 1 aliphatic heterocycles. The van der Waals surface area contributed by atoms with E-state index in [2.05, 4.69) is 29.0 Å². The van der Waals surface area contributed by atoms with Gasteiger partial charge in [0.05, 0.1) is 0 Å². The van der Waals surface area contributed by atoms with Crippen LogP contribution in [0.15, 0.2) is 43.3 Å². The minimum absolute atomic E-state index is 0.558. The van der Waals surface area contributed by atoms with Crippen molar-refractivity contribution in [3.63, 3.8) is 0 Å². The first-order valence-corrected chi connectivity index (χ1v) is 7.62. The normalized spacial score (nSPS) is 21.6. The zero-order chi connectivity index (χ0) is 17.5. The minimum atomic E-state index is -1.26. The van der Waals surface area contributed by atoms with Crippen molar-refractivity contribution in [1.82, 2.24) is 10.3 Å². The van der Waals surface area contributed by atoms with Gasteiger partial charge < -0.3 is 15.5 Å². The van der Waals surface area contributed by atoms with Gasteiger partial charge in [0, 0.05) is 31.1 Å². The van der Waals surface area contributed by atoms with Crippen molar-refractivity contribution in [3.8, 4) is 0 Å². The topological polar surface area (TPSA) is 99.5 Å². The Morgan fingerprint density at radius 2 is 1.92 bits per heavy atom. The summed E-state index contributed by atoms with van der Waals surface area (Å²) in [4.78, 5) is 23.4. The third-order valence-corrected chi connectivity index (χ3v) is 4.02. The summed E-state index contributed by atoms with van der Waals surface area (Å²) in [5.41, 5.74) is 3.84. The number of fused-ring (bicyclic) bond motifs is 1. The van der Waals surface area contributed by atoms with Crippen molar-refractivity contribution in [2.24, 2.45) is 11.8 Å². The van der Waals surface area contributed by atoms with E-state index in [4.69, 9.17) is 10.2 Å². The molecule has 0 bridgehead atoms. The SMILES string of the molecule is C=Cc1cncc(C2=C[C@H]3CNC[C@H]3C2)c1.O=C(O)C=CC(=O)O. The van der Waals surface area contributed by atoms with E-state index in [0.717, 1.165) is 23.9 Å². The Bertz CT molecular complexity index is 678. The molecule has 2 aliphatic rings. The average Bonchev–Trinajstić information content (AvgIpc) is 3.15. The summed E-state index contributed by atoms with van der Waals surface area (Å²) >= 11 is 0. The summed E-state index contributed by atoms with van der Waals surface area (Å²) in [7, 11) is 0. The maximum absolute atomic E-state index is 9.55.